The van der Waals surface area contributed by atoms with E-state index in [4.69, 9.17) is 21.1 Å². The lowest BCUT2D eigenvalue weighted by molar-refractivity contribution is 0.136. The maximum atomic E-state index is 6.10. The Hall–Kier alpha value is -2.36. The highest BCUT2D eigenvalue weighted by atomic mass is 35.5. The number of methoxy groups -OCH3 is 1. The van der Waals surface area contributed by atoms with Gasteiger partial charge in [0.25, 0.3) is 0 Å². The molecule has 0 saturated heterocycles. The Labute approximate surface area is 149 Å². The molecule has 0 fully saturated rings. The van der Waals surface area contributed by atoms with Crippen LogP contribution in [0.4, 0.5) is 11.6 Å². The molecular formula is C15H18ClN7O2. The van der Waals surface area contributed by atoms with Crippen LogP contribution in [0.15, 0.2) is 18.6 Å². The molecule has 0 saturated carbocycles. The lowest BCUT2D eigenvalue weighted by Crippen LogP contribution is -2.09. The number of ether oxygens (including phenoxy) is 2. The van der Waals surface area contributed by atoms with E-state index in [1.807, 2.05) is 6.92 Å². The highest BCUT2D eigenvalue weighted by Gasteiger charge is 2.18. The standard InChI is InChI=1S/C15H18ClN7O2/c1-3-25-7-6-23-13-12(10(22-23)8-24-2)20-15(16)21-14(13)19-11-4-5-17-9-18-11/h4-5,9H,3,6-8H2,1-2H3,(H,17,18,19,20,21). The highest BCUT2D eigenvalue weighted by Crippen LogP contribution is 2.27. The van der Waals surface area contributed by atoms with E-state index >= 15 is 0 Å². The van der Waals surface area contributed by atoms with Crippen LogP contribution in [-0.2, 0) is 22.6 Å². The van der Waals surface area contributed by atoms with Crippen molar-refractivity contribution in [2.75, 3.05) is 25.6 Å². The molecule has 0 spiro atoms. The van der Waals surface area contributed by atoms with Crippen LogP contribution in [-0.4, -0.2) is 50.0 Å². The van der Waals surface area contributed by atoms with Crippen molar-refractivity contribution in [3.63, 3.8) is 0 Å². The van der Waals surface area contributed by atoms with Gasteiger partial charge in [-0.2, -0.15) is 10.1 Å². The fourth-order valence-corrected chi connectivity index (χ4v) is 2.55. The summed E-state index contributed by atoms with van der Waals surface area (Å²) >= 11 is 6.10. The minimum atomic E-state index is 0.116. The van der Waals surface area contributed by atoms with Crippen molar-refractivity contribution < 1.29 is 9.47 Å². The fraction of sp³-hybridized carbons (Fsp3) is 0.400. The number of nitrogens with zero attached hydrogens (tertiary/aromatic N) is 6. The number of aromatic nitrogens is 6. The van der Waals surface area contributed by atoms with Crippen LogP contribution in [0.25, 0.3) is 11.0 Å². The molecule has 25 heavy (non-hydrogen) atoms. The summed E-state index contributed by atoms with van der Waals surface area (Å²) in [5.74, 6) is 1.11. The SMILES string of the molecule is CCOCCn1nc(COC)c2nc(Cl)nc(Nc3ccncn3)c21. The van der Waals surface area contributed by atoms with Crippen LogP contribution in [0.5, 0.6) is 0 Å². The van der Waals surface area contributed by atoms with Gasteiger partial charge < -0.3 is 14.8 Å². The van der Waals surface area contributed by atoms with E-state index in [9.17, 15) is 0 Å². The zero-order chi connectivity index (χ0) is 17.6. The zero-order valence-corrected chi connectivity index (χ0v) is 14.7. The first-order valence-electron chi connectivity index (χ1n) is 7.75. The van der Waals surface area contributed by atoms with E-state index in [2.05, 4.69) is 30.4 Å². The van der Waals surface area contributed by atoms with Gasteiger partial charge in [0.15, 0.2) is 5.82 Å². The Balaban J connectivity index is 2.07. The van der Waals surface area contributed by atoms with E-state index in [0.29, 0.717) is 49.2 Å². The second-order valence-corrected chi connectivity index (χ2v) is 5.40. The van der Waals surface area contributed by atoms with E-state index in [1.165, 1.54) is 6.33 Å². The Kier molecular flexibility index (Phi) is 5.69. The van der Waals surface area contributed by atoms with Crippen molar-refractivity contribution in [3.8, 4) is 0 Å². The second-order valence-electron chi connectivity index (χ2n) is 5.06. The molecule has 0 amide bonds. The smallest absolute Gasteiger partial charge is 0.225 e. The first kappa shape index (κ1) is 17.5. The van der Waals surface area contributed by atoms with Crippen molar-refractivity contribution in [2.45, 2.75) is 20.1 Å². The Morgan fingerprint density at radius 3 is 2.92 bits per heavy atom. The number of anilines is 2. The van der Waals surface area contributed by atoms with Crippen LogP contribution < -0.4 is 5.32 Å². The van der Waals surface area contributed by atoms with Crippen molar-refractivity contribution in [3.05, 3.63) is 29.6 Å². The fourth-order valence-electron chi connectivity index (χ4n) is 2.38. The summed E-state index contributed by atoms with van der Waals surface area (Å²) in [4.78, 5) is 16.7. The number of fused-ring (bicyclic) bond motifs is 1. The molecule has 3 rings (SSSR count). The van der Waals surface area contributed by atoms with Crippen molar-refractivity contribution >= 4 is 34.3 Å². The van der Waals surface area contributed by atoms with E-state index in [-0.39, 0.29) is 5.28 Å². The molecular weight excluding hydrogens is 346 g/mol. The van der Waals surface area contributed by atoms with Gasteiger partial charge in [0, 0.05) is 19.9 Å². The van der Waals surface area contributed by atoms with Gasteiger partial charge >= 0.3 is 0 Å². The molecule has 0 aliphatic carbocycles. The van der Waals surface area contributed by atoms with Gasteiger partial charge in [-0.15, -0.1) is 0 Å². The summed E-state index contributed by atoms with van der Waals surface area (Å²) < 4.78 is 12.4. The summed E-state index contributed by atoms with van der Waals surface area (Å²) in [7, 11) is 1.61. The molecule has 1 N–H and O–H groups in total. The normalized spacial score (nSPS) is 11.2. The monoisotopic (exact) mass is 363 g/mol. The van der Waals surface area contributed by atoms with Gasteiger partial charge in [0.2, 0.25) is 5.28 Å². The van der Waals surface area contributed by atoms with Gasteiger partial charge in [0.05, 0.1) is 19.8 Å². The third-order valence-electron chi connectivity index (χ3n) is 3.39. The summed E-state index contributed by atoms with van der Waals surface area (Å²) in [5, 5.41) is 7.83. The number of nitrogens with one attached hydrogen (secondary N) is 1. The number of halogens is 1. The number of hydrogen-bond acceptors (Lipinski definition) is 8. The quantitative estimate of drug-likeness (QED) is 0.480. The summed E-state index contributed by atoms with van der Waals surface area (Å²) in [5.41, 5.74) is 2.04. The predicted octanol–water partition coefficient (Wildman–Crippen LogP) is 2.20. The average Bonchev–Trinajstić information content (AvgIpc) is 2.94. The first-order valence-corrected chi connectivity index (χ1v) is 8.13. The Bertz CT molecular complexity index is 841. The predicted molar refractivity (Wildman–Crippen MR) is 92.9 cm³/mol. The molecule has 0 unspecified atom stereocenters. The maximum Gasteiger partial charge on any atom is 0.225 e. The molecule has 3 aromatic heterocycles. The van der Waals surface area contributed by atoms with Gasteiger partial charge in [0.1, 0.15) is 28.9 Å². The molecule has 132 valence electrons. The molecule has 0 radical (unpaired) electrons. The molecule has 0 aliphatic rings. The van der Waals surface area contributed by atoms with Crippen molar-refractivity contribution in [2.24, 2.45) is 0 Å². The minimum Gasteiger partial charge on any atom is -0.380 e. The molecule has 0 aliphatic heterocycles. The third kappa shape index (κ3) is 4.01. The largest absolute Gasteiger partial charge is 0.380 e. The van der Waals surface area contributed by atoms with Crippen LogP contribution in [0.2, 0.25) is 5.28 Å². The summed E-state index contributed by atoms with van der Waals surface area (Å²) in [6.07, 6.45) is 3.09. The minimum absolute atomic E-state index is 0.116. The molecule has 10 heteroatoms. The van der Waals surface area contributed by atoms with E-state index in [0.717, 1.165) is 5.52 Å². The maximum absolute atomic E-state index is 6.10. The molecule has 3 aromatic rings. The number of hydrogen-bond donors (Lipinski definition) is 1. The van der Waals surface area contributed by atoms with Crippen LogP contribution in [0.3, 0.4) is 0 Å². The lowest BCUT2D eigenvalue weighted by atomic mass is 10.3. The van der Waals surface area contributed by atoms with E-state index < -0.39 is 0 Å². The molecule has 0 aromatic carbocycles. The number of rotatable bonds is 8. The summed E-state index contributed by atoms with van der Waals surface area (Å²) in [6, 6.07) is 1.73. The van der Waals surface area contributed by atoms with E-state index in [1.54, 1.807) is 24.1 Å². The van der Waals surface area contributed by atoms with Gasteiger partial charge in [-0.25, -0.2) is 15.0 Å². The first-order chi connectivity index (χ1) is 12.2. The van der Waals surface area contributed by atoms with Crippen molar-refractivity contribution in [1.29, 1.82) is 0 Å². The van der Waals surface area contributed by atoms with Crippen LogP contribution >= 0.6 is 11.6 Å². The summed E-state index contributed by atoms with van der Waals surface area (Å²) in [6.45, 7) is 3.98. The van der Waals surface area contributed by atoms with Gasteiger partial charge in [-0.1, -0.05) is 0 Å². The molecule has 3 heterocycles. The lowest BCUT2D eigenvalue weighted by Gasteiger charge is -2.09. The van der Waals surface area contributed by atoms with Gasteiger partial charge in [-0.05, 0) is 24.6 Å². The molecule has 0 bridgehead atoms. The third-order valence-corrected chi connectivity index (χ3v) is 3.56. The van der Waals surface area contributed by atoms with Crippen molar-refractivity contribution in [1.82, 2.24) is 29.7 Å². The zero-order valence-electron chi connectivity index (χ0n) is 13.9. The van der Waals surface area contributed by atoms with Crippen LogP contribution in [0, 0.1) is 0 Å². The van der Waals surface area contributed by atoms with Crippen LogP contribution in [0.1, 0.15) is 12.6 Å². The topological polar surface area (TPSA) is 99.9 Å². The Morgan fingerprint density at radius 1 is 1.32 bits per heavy atom. The Morgan fingerprint density at radius 2 is 2.20 bits per heavy atom. The van der Waals surface area contributed by atoms with Gasteiger partial charge in [-0.3, -0.25) is 4.68 Å². The highest BCUT2D eigenvalue weighted by molar-refractivity contribution is 6.28. The second kappa shape index (κ2) is 8.15. The average molecular weight is 364 g/mol. The molecule has 0 atom stereocenters. The molecule has 9 nitrogen and oxygen atoms in total.